The van der Waals surface area contributed by atoms with Crippen LogP contribution in [-0.2, 0) is 0 Å². The van der Waals surface area contributed by atoms with Crippen LogP contribution in [0.15, 0.2) is 138 Å². The van der Waals surface area contributed by atoms with Crippen molar-refractivity contribution in [2.45, 2.75) is 6.92 Å². The van der Waals surface area contributed by atoms with E-state index in [0.29, 0.717) is 0 Å². The van der Waals surface area contributed by atoms with Crippen LogP contribution < -0.4 is 0 Å². The molecule has 5 aromatic carbocycles. The molecule has 0 fully saturated rings. The van der Waals surface area contributed by atoms with Crippen molar-refractivity contribution in [3.05, 3.63) is 139 Å². The summed E-state index contributed by atoms with van der Waals surface area (Å²) in [5.41, 5.74) is 10.8. The van der Waals surface area contributed by atoms with Crippen molar-refractivity contribution in [1.29, 1.82) is 0 Å². The molecule has 4 heteroatoms. The first-order valence-electron chi connectivity index (χ1n) is 13.8. The molecular weight excluding hydrogens is 502 g/mol. The Labute approximate surface area is 237 Å². The largest absolute Gasteiger partial charge is 0.455 e. The van der Waals surface area contributed by atoms with Crippen molar-refractivity contribution in [2.75, 3.05) is 0 Å². The first-order chi connectivity index (χ1) is 20.2. The number of pyridine rings is 1. The molecular formula is C37H25N3O. The quantitative estimate of drug-likeness (QED) is 0.229. The molecule has 41 heavy (non-hydrogen) atoms. The Morgan fingerprint density at radius 1 is 0.585 bits per heavy atom. The number of hydrogen-bond acceptors (Lipinski definition) is 3. The fourth-order valence-electron chi connectivity index (χ4n) is 5.83. The topological polar surface area (TPSA) is 43.9 Å². The van der Waals surface area contributed by atoms with E-state index in [4.69, 9.17) is 14.4 Å². The molecule has 0 bridgehead atoms. The standard InChI is InChI=1S/C37H25N3O/c1-24-35-33(23-32(38-24)26-14-7-3-8-15-26)39-37(40(35)28-16-9-4-10-17-28)31-19-11-18-30-29-21-20-27(22-34(29)41-36(30)31)25-12-5-2-6-13-25/h2-23H,1H3. The maximum Gasteiger partial charge on any atom is 0.149 e. The van der Waals surface area contributed by atoms with Gasteiger partial charge in [0.15, 0.2) is 0 Å². The normalized spacial score (nSPS) is 11.5. The Balaban J connectivity index is 1.39. The summed E-state index contributed by atoms with van der Waals surface area (Å²) in [6, 6.07) is 45.9. The minimum absolute atomic E-state index is 0.828. The van der Waals surface area contributed by atoms with Gasteiger partial charge in [0.25, 0.3) is 0 Å². The second-order valence-electron chi connectivity index (χ2n) is 10.3. The van der Waals surface area contributed by atoms with Gasteiger partial charge in [-0.05, 0) is 54.4 Å². The van der Waals surface area contributed by atoms with E-state index >= 15 is 0 Å². The summed E-state index contributed by atoms with van der Waals surface area (Å²) < 4.78 is 8.85. The number of benzene rings is 5. The third-order valence-electron chi connectivity index (χ3n) is 7.74. The summed E-state index contributed by atoms with van der Waals surface area (Å²) in [5.74, 6) is 0.828. The number of para-hydroxylation sites is 2. The molecule has 0 radical (unpaired) electrons. The molecule has 0 aliphatic heterocycles. The third-order valence-corrected chi connectivity index (χ3v) is 7.74. The number of hydrogen-bond donors (Lipinski definition) is 0. The van der Waals surface area contributed by atoms with Crippen molar-refractivity contribution in [3.8, 4) is 39.5 Å². The summed E-state index contributed by atoms with van der Waals surface area (Å²) in [4.78, 5) is 10.3. The minimum Gasteiger partial charge on any atom is -0.455 e. The fraction of sp³-hybridized carbons (Fsp3) is 0.0270. The van der Waals surface area contributed by atoms with Crippen LogP contribution in [0.1, 0.15) is 5.69 Å². The second-order valence-corrected chi connectivity index (χ2v) is 10.3. The Bertz CT molecular complexity index is 2190. The Kier molecular flexibility index (Phi) is 5.32. The highest BCUT2D eigenvalue weighted by Crippen LogP contribution is 2.39. The first-order valence-corrected chi connectivity index (χ1v) is 13.8. The monoisotopic (exact) mass is 527 g/mol. The van der Waals surface area contributed by atoms with E-state index in [9.17, 15) is 0 Å². The molecule has 0 atom stereocenters. The van der Waals surface area contributed by atoms with Crippen molar-refractivity contribution in [1.82, 2.24) is 14.5 Å². The van der Waals surface area contributed by atoms with E-state index in [1.54, 1.807) is 0 Å². The van der Waals surface area contributed by atoms with Crippen LogP contribution in [0.5, 0.6) is 0 Å². The van der Waals surface area contributed by atoms with E-state index in [2.05, 4.69) is 115 Å². The molecule has 0 aliphatic carbocycles. The second kappa shape index (κ2) is 9.32. The van der Waals surface area contributed by atoms with Gasteiger partial charge in [-0.1, -0.05) is 97.1 Å². The molecule has 0 aliphatic rings. The average molecular weight is 528 g/mol. The van der Waals surface area contributed by atoms with Gasteiger partial charge in [-0.15, -0.1) is 0 Å². The maximum absolute atomic E-state index is 6.64. The summed E-state index contributed by atoms with van der Waals surface area (Å²) in [6.45, 7) is 2.06. The SMILES string of the molecule is Cc1nc(-c2ccccc2)cc2nc(-c3cccc4c3oc3cc(-c5ccccc5)ccc34)n(-c3ccccc3)c12. The average Bonchev–Trinajstić information content (AvgIpc) is 3.61. The van der Waals surface area contributed by atoms with E-state index < -0.39 is 0 Å². The maximum atomic E-state index is 6.64. The first kappa shape index (κ1) is 23.4. The lowest BCUT2D eigenvalue weighted by Gasteiger charge is -2.11. The van der Waals surface area contributed by atoms with Crippen LogP contribution in [0, 0.1) is 6.92 Å². The van der Waals surface area contributed by atoms with Crippen LogP contribution >= 0.6 is 0 Å². The molecule has 0 amide bonds. The van der Waals surface area contributed by atoms with E-state index in [-0.39, 0.29) is 0 Å². The Hall–Kier alpha value is -5.48. The molecule has 4 nitrogen and oxygen atoms in total. The van der Waals surface area contributed by atoms with Crippen molar-refractivity contribution < 1.29 is 4.42 Å². The molecule has 8 aromatic rings. The molecule has 0 saturated heterocycles. The van der Waals surface area contributed by atoms with Crippen molar-refractivity contribution in [3.63, 3.8) is 0 Å². The number of imidazole rings is 1. The van der Waals surface area contributed by atoms with Crippen molar-refractivity contribution >= 4 is 33.0 Å². The van der Waals surface area contributed by atoms with Crippen LogP contribution in [0.3, 0.4) is 0 Å². The molecule has 0 saturated carbocycles. The highest BCUT2D eigenvalue weighted by atomic mass is 16.3. The highest BCUT2D eigenvalue weighted by Gasteiger charge is 2.22. The summed E-state index contributed by atoms with van der Waals surface area (Å²) >= 11 is 0. The van der Waals surface area contributed by atoms with Crippen LogP contribution in [0.2, 0.25) is 0 Å². The molecule has 0 unspecified atom stereocenters. The number of rotatable bonds is 4. The van der Waals surface area contributed by atoms with Crippen LogP contribution in [0.25, 0.3) is 72.4 Å². The van der Waals surface area contributed by atoms with Gasteiger partial charge in [-0.2, -0.15) is 0 Å². The molecule has 194 valence electrons. The molecule has 3 aromatic heterocycles. The zero-order valence-corrected chi connectivity index (χ0v) is 22.5. The van der Waals surface area contributed by atoms with Gasteiger partial charge in [0.05, 0.1) is 28.0 Å². The summed E-state index contributed by atoms with van der Waals surface area (Å²) in [5, 5.41) is 2.16. The zero-order valence-electron chi connectivity index (χ0n) is 22.5. The van der Waals surface area contributed by atoms with Gasteiger partial charge in [0, 0.05) is 22.0 Å². The Morgan fingerprint density at radius 3 is 2.05 bits per heavy atom. The van der Waals surface area contributed by atoms with Gasteiger partial charge < -0.3 is 4.42 Å². The smallest absolute Gasteiger partial charge is 0.149 e. The van der Waals surface area contributed by atoms with Gasteiger partial charge in [0.2, 0.25) is 0 Å². The van der Waals surface area contributed by atoms with E-state index in [1.165, 1.54) is 0 Å². The van der Waals surface area contributed by atoms with Gasteiger partial charge in [0.1, 0.15) is 17.0 Å². The minimum atomic E-state index is 0.828. The van der Waals surface area contributed by atoms with Gasteiger partial charge >= 0.3 is 0 Å². The Morgan fingerprint density at radius 2 is 1.29 bits per heavy atom. The van der Waals surface area contributed by atoms with Crippen LogP contribution in [0.4, 0.5) is 0 Å². The number of aryl methyl sites for hydroxylation is 1. The molecule has 8 rings (SSSR count). The molecule has 0 N–H and O–H groups in total. The number of aromatic nitrogens is 3. The molecule has 0 spiro atoms. The number of fused-ring (bicyclic) bond motifs is 4. The summed E-state index contributed by atoms with van der Waals surface area (Å²) in [7, 11) is 0. The highest BCUT2D eigenvalue weighted by molar-refractivity contribution is 6.10. The van der Waals surface area contributed by atoms with Crippen LogP contribution in [-0.4, -0.2) is 14.5 Å². The lowest BCUT2D eigenvalue weighted by molar-refractivity contribution is 0.669. The van der Waals surface area contributed by atoms with Gasteiger partial charge in [-0.25, -0.2) is 4.98 Å². The van der Waals surface area contributed by atoms with E-state index in [0.717, 1.165) is 78.1 Å². The predicted molar refractivity (Wildman–Crippen MR) is 167 cm³/mol. The lowest BCUT2D eigenvalue weighted by atomic mass is 10.0. The lowest BCUT2D eigenvalue weighted by Crippen LogP contribution is -2.00. The number of furan rings is 1. The third kappa shape index (κ3) is 3.84. The summed E-state index contributed by atoms with van der Waals surface area (Å²) in [6.07, 6.45) is 0. The van der Waals surface area contributed by atoms with Crippen molar-refractivity contribution in [2.24, 2.45) is 0 Å². The fourth-order valence-corrected chi connectivity index (χ4v) is 5.83. The van der Waals surface area contributed by atoms with E-state index in [1.807, 2.05) is 30.3 Å². The molecule has 3 heterocycles. The number of nitrogens with zero attached hydrogens (tertiary/aromatic N) is 3. The predicted octanol–water partition coefficient (Wildman–Crippen LogP) is 9.63. The zero-order chi connectivity index (χ0) is 27.3. The van der Waals surface area contributed by atoms with Gasteiger partial charge in [-0.3, -0.25) is 9.55 Å².